The normalized spacial score (nSPS) is 24.6. The molecule has 2 aliphatic carbocycles. The van der Waals surface area contributed by atoms with Crippen molar-refractivity contribution in [1.29, 1.82) is 5.26 Å². The Morgan fingerprint density at radius 2 is 1.74 bits per heavy atom. The molecule has 1 amide bonds. The SMILES string of the molecule is C[C@](O)(c1ccc(C(=O)N(C2CC2)[C@H]2CC[C@](CC#N)(c3ccccn3)CC2)cc1)C(F)(F)F. The average Bonchev–Trinajstić information content (AvgIpc) is 3.65. The van der Waals surface area contributed by atoms with Crippen molar-refractivity contribution >= 4 is 5.91 Å². The Morgan fingerprint density at radius 3 is 2.24 bits per heavy atom. The van der Waals surface area contributed by atoms with Gasteiger partial charge in [-0.15, -0.1) is 0 Å². The molecule has 0 unspecified atom stereocenters. The van der Waals surface area contributed by atoms with Crippen LogP contribution in [0.1, 0.15) is 73.5 Å². The van der Waals surface area contributed by atoms with Crippen LogP contribution in [0.5, 0.6) is 0 Å². The van der Waals surface area contributed by atoms with Crippen LogP contribution >= 0.6 is 0 Å². The van der Waals surface area contributed by atoms with Gasteiger partial charge in [-0.05, 0) is 75.3 Å². The molecule has 1 aromatic heterocycles. The number of aliphatic hydroxyl groups is 1. The number of alkyl halides is 3. The molecule has 0 radical (unpaired) electrons. The van der Waals surface area contributed by atoms with Gasteiger partial charge in [-0.1, -0.05) is 18.2 Å². The van der Waals surface area contributed by atoms with Crippen LogP contribution in [-0.4, -0.2) is 39.2 Å². The third-order valence-corrected chi connectivity index (χ3v) is 7.35. The minimum Gasteiger partial charge on any atom is -0.376 e. The molecule has 0 aliphatic heterocycles. The lowest BCUT2D eigenvalue weighted by atomic mass is 9.68. The number of hydrogen-bond donors (Lipinski definition) is 1. The number of carbonyl (C=O) groups is 1. The van der Waals surface area contributed by atoms with Crippen molar-refractivity contribution in [2.45, 2.75) is 81.1 Å². The van der Waals surface area contributed by atoms with Crippen LogP contribution in [0.2, 0.25) is 0 Å². The number of pyridine rings is 1. The first-order chi connectivity index (χ1) is 16.1. The van der Waals surface area contributed by atoms with E-state index in [-0.39, 0.29) is 29.0 Å². The van der Waals surface area contributed by atoms with Gasteiger partial charge in [-0.25, -0.2) is 0 Å². The molecule has 8 heteroatoms. The third-order valence-electron chi connectivity index (χ3n) is 7.35. The molecule has 2 aromatic rings. The number of hydrogen-bond acceptors (Lipinski definition) is 4. The van der Waals surface area contributed by atoms with Crippen LogP contribution < -0.4 is 0 Å². The minimum absolute atomic E-state index is 0.00786. The van der Waals surface area contributed by atoms with Crippen molar-refractivity contribution in [3.05, 3.63) is 65.5 Å². The number of nitriles is 1. The maximum absolute atomic E-state index is 13.4. The molecule has 1 N–H and O–H groups in total. The lowest BCUT2D eigenvalue weighted by Gasteiger charge is -2.42. The Kier molecular flexibility index (Phi) is 6.43. The summed E-state index contributed by atoms with van der Waals surface area (Å²) in [5.41, 5.74) is -2.39. The molecule has 0 bridgehead atoms. The van der Waals surface area contributed by atoms with Crippen molar-refractivity contribution in [2.75, 3.05) is 0 Å². The van der Waals surface area contributed by atoms with E-state index >= 15 is 0 Å². The summed E-state index contributed by atoms with van der Waals surface area (Å²) < 4.78 is 39.5. The van der Waals surface area contributed by atoms with Crippen LogP contribution in [0.3, 0.4) is 0 Å². The van der Waals surface area contributed by atoms with E-state index in [1.807, 2.05) is 23.1 Å². The second-order valence-electron chi connectivity index (χ2n) is 9.65. The number of halogens is 3. The Labute approximate surface area is 197 Å². The van der Waals surface area contributed by atoms with E-state index in [0.29, 0.717) is 18.9 Å². The first-order valence-corrected chi connectivity index (χ1v) is 11.6. The summed E-state index contributed by atoms with van der Waals surface area (Å²) in [6.07, 6.45) is 2.07. The largest absolute Gasteiger partial charge is 0.421 e. The second-order valence-corrected chi connectivity index (χ2v) is 9.65. The van der Waals surface area contributed by atoms with E-state index in [9.17, 15) is 28.3 Å². The van der Waals surface area contributed by atoms with Gasteiger partial charge in [-0.2, -0.15) is 18.4 Å². The summed E-state index contributed by atoms with van der Waals surface area (Å²) in [4.78, 5) is 19.8. The van der Waals surface area contributed by atoms with E-state index < -0.39 is 11.8 Å². The summed E-state index contributed by atoms with van der Waals surface area (Å²) in [7, 11) is 0. The van der Waals surface area contributed by atoms with Crippen LogP contribution in [-0.2, 0) is 11.0 Å². The van der Waals surface area contributed by atoms with Crippen molar-refractivity contribution in [2.24, 2.45) is 0 Å². The molecular formula is C26H28F3N3O2. The van der Waals surface area contributed by atoms with Gasteiger partial charge in [0.15, 0.2) is 5.60 Å². The molecule has 2 aliphatic rings. The van der Waals surface area contributed by atoms with E-state index in [1.54, 1.807) is 6.20 Å². The van der Waals surface area contributed by atoms with Crippen molar-refractivity contribution < 1.29 is 23.1 Å². The molecular weight excluding hydrogens is 443 g/mol. The van der Waals surface area contributed by atoms with Gasteiger partial charge in [-0.3, -0.25) is 9.78 Å². The maximum atomic E-state index is 13.4. The molecule has 1 atom stereocenters. The number of aromatic nitrogens is 1. The minimum atomic E-state index is -4.82. The lowest BCUT2D eigenvalue weighted by molar-refractivity contribution is -0.258. The standard InChI is InChI=1S/C26H28F3N3O2/c1-24(34,26(27,28)29)19-7-5-18(6-8-19)23(33)32(20-9-10-20)21-11-13-25(14-12-21,15-16-30)22-4-2-3-17-31-22/h2-8,17,20-21,34H,9-15H2,1H3/t21-,24-,25-/m0/s1. The highest BCUT2D eigenvalue weighted by molar-refractivity contribution is 5.95. The number of benzene rings is 1. The molecule has 0 saturated heterocycles. The zero-order valence-electron chi connectivity index (χ0n) is 19.1. The number of rotatable bonds is 6. The average molecular weight is 472 g/mol. The Balaban J connectivity index is 1.51. The molecule has 2 fully saturated rings. The first kappa shape index (κ1) is 24.2. The fourth-order valence-electron chi connectivity index (χ4n) is 5.02. The monoisotopic (exact) mass is 471 g/mol. The zero-order valence-corrected chi connectivity index (χ0v) is 19.1. The fourth-order valence-corrected chi connectivity index (χ4v) is 5.02. The van der Waals surface area contributed by atoms with E-state index in [2.05, 4.69) is 11.1 Å². The second kappa shape index (κ2) is 9.03. The number of nitrogens with zero attached hydrogens (tertiary/aromatic N) is 3. The molecule has 2 saturated carbocycles. The molecule has 1 heterocycles. The summed E-state index contributed by atoms with van der Waals surface area (Å²) in [5, 5.41) is 19.4. The Hall–Kier alpha value is -2.92. The van der Waals surface area contributed by atoms with Crippen LogP contribution in [0.25, 0.3) is 0 Å². The first-order valence-electron chi connectivity index (χ1n) is 11.6. The molecule has 180 valence electrons. The predicted octanol–water partition coefficient (Wildman–Crippen LogP) is 5.25. The van der Waals surface area contributed by atoms with E-state index in [4.69, 9.17) is 0 Å². The molecule has 1 aromatic carbocycles. The van der Waals surface area contributed by atoms with Gasteiger partial charge >= 0.3 is 6.18 Å². The summed E-state index contributed by atoms with van der Waals surface area (Å²) in [5.74, 6) is -0.198. The van der Waals surface area contributed by atoms with Gasteiger partial charge in [0, 0.05) is 41.4 Å². The lowest BCUT2D eigenvalue weighted by Crippen LogP contribution is -2.46. The van der Waals surface area contributed by atoms with Gasteiger partial charge in [0.2, 0.25) is 0 Å². The Bertz CT molecular complexity index is 1050. The van der Waals surface area contributed by atoms with Crippen molar-refractivity contribution in [3.8, 4) is 6.07 Å². The highest BCUT2D eigenvalue weighted by Gasteiger charge is 2.51. The predicted molar refractivity (Wildman–Crippen MR) is 120 cm³/mol. The van der Waals surface area contributed by atoms with Crippen LogP contribution in [0, 0.1) is 11.3 Å². The molecule has 4 rings (SSSR count). The topological polar surface area (TPSA) is 77.2 Å². The summed E-state index contributed by atoms with van der Waals surface area (Å²) in [6.45, 7) is 0.706. The third kappa shape index (κ3) is 4.54. The van der Waals surface area contributed by atoms with Crippen molar-refractivity contribution in [1.82, 2.24) is 9.88 Å². The van der Waals surface area contributed by atoms with Crippen LogP contribution in [0.4, 0.5) is 13.2 Å². The fraction of sp³-hybridized carbons (Fsp3) is 0.500. The highest BCUT2D eigenvalue weighted by Crippen LogP contribution is 2.45. The number of carbonyl (C=O) groups excluding carboxylic acids is 1. The zero-order chi connectivity index (χ0) is 24.6. The van der Waals surface area contributed by atoms with Crippen molar-refractivity contribution in [3.63, 3.8) is 0 Å². The van der Waals surface area contributed by atoms with Crippen LogP contribution in [0.15, 0.2) is 48.7 Å². The Morgan fingerprint density at radius 1 is 1.12 bits per heavy atom. The summed E-state index contributed by atoms with van der Waals surface area (Å²) in [6, 6.07) is 13.3. The smallest absolute Gasteiger partial charge is 0.376 e. The van der Waals surface area contributed by atoms with Gasteiger partial charge < -0.3 is 10.0 Å². The molecule has 0 spiro atoms. The van der Waals surface area contributed by atoms with E-state index in [0.717, 1.165) is 44.2 Å². The van der Waals surface area contributed by atoms with Gasteiger partial charge in [0.1, 0.15) is 0 Å². The maximum Gasteiger partial charge on any atom is 0.421 e. The molecule has 5 nitrogen and oxygen atoms in total. The number of amides is 1. The van der Waals surface area contributed by atoms with Gasteiger partial charge in [0.25, 0.3) is 5.91 Å². The molecule has 34 heavy (non-hydrogen) atoms. The van der Waals surface area contributed by atoms with E-state index in [1.165, 1.54) is 24.3 Å². The van der Waals surface area contributed by atoms with Gasteiger partial charge in [0.05, 0.1) is 6.07 Å². The highest BCUT2D eigenvalue weighted by atomic mass is 19.4. The summed E-state index contributed by atoms with van der Waals surface area (Å²) >= 11 is 0. The quantitative estimate of drug-likeness (QED) is 0.624.